The molecule has 3 nitrogen and oxygen atoms in total. The quantitative estimate of drug-likeness (QED) is 0.224. The minimum Gasteiger partial charge on any atom is -0.256 e. The van der Waals surface area contributed by atoms with Gasteiger partial charge in [-0.2, -0.15) is 0 Å². The Morgan fingerprint density at radius 3 is 2.33 bits per heavy atom. The van der Waals surface area contributed by atoms with Gasteiger partial charge in [-0.25, -0.2) is 4.98 Å². The molecule has 6 rings (SSSR count). The summed E-state index contributed by atoms with van der Waals surface area (Å²) in [6.07, 6.45) is 4.91. The molecule has 0 fully saturated rings. The standard InChI is InChI=1S/C36H35N3/c1-22(2)30-16-17-37-34-15-13-27(20-31(30)34)33-14-12-25-10-11-28(35(23(3)4)36(25)39-33)18-24(5)29-19-26-8-6-7-9-32(26)38-21-29/h6-17,19-24H,18H2,1-5H3. The van der Waals surface area contributed by atoms with Crippen molar-refractivity contribution in [2.45, 2.75) is 58.8 Å². The van der Waals surface area contributed by atoms with E-state index in [0.29, 0.717) is 17.8 Å². The van der Waals surface area contributed by atoms with Crippen LogP contribution in [0.15, 0.2) is 91.3 Å². The van der Waals surface area contributed by atoms with Crippen LogP contribution in [-0.4, -0.2) is 15.0 Å². The lowest BCUT2D eigenvalue weighted by Gasteiger charge is -2.20. The van der Waals surface area contributed by atoms with Crippen LogP contribution in [0, 0.1) is 0 Å². The molecule has 0 bridgehead atoms. The number of benzene rings is 3. The zero-order valence-corrected chi connectivity index (χ0v) is 23.4. The molecule has 3 aromatic carbocycles. The van der Waals surface area contributed by atoms with Crippen molar-refractivity contribution in [2.24, 2.45) is 0 Å². The predicted octanol–water partition coefficient (Wildman–Crippen LogP) is 9.59. The van der Waals surface area contributed by atoms with Crippen LogP contribution in [0.25, 0.3) is 44.0 Å². The molecular weight excluding hydrogens is 474 g/mol. The van der Waals surface area contributed by atoms with E-state index >= 15 is 0 Å². The fourth-order valence-corrected chi connectivity index (χ4v) is 5.87. The maximum absolute atomic E-state index is 5.30. The number of fused-ring (bicyclic) bond motifs is 3. The van der Waals surface area contributed by atoms with Gasteiger partial charge in [-0.3, -0.25) is 9.97 Å². The molecule has 0 spiro atoms. The van der Waals surface area contributed by atoms with Gasteiger partial charge in [-0.15, -0.1) is 0 Å². The van der Waals surface area contributed by atoms with Crippen LogP contribution in [0.2, 0.25) is 0 Å². The lowest BCUT2D eigenvalue weighted by molar-refractivity contribution is 0.737. The van der Waals surface area contributed by atoms with E-state index in [-0.39, 0.29) is 0 Å². The third-order valence-electron chi connectivity index (χ3n) is 7.97. The van der Waals surface area contributed by atoms with Crippen molar-refractivity contribution in [3.05, 3.63) is 114 Å². The van der Waals surface area contributed by atoms with E-state index in [0.717, 1.165) is 34.2 Å². The number of hydrogen-bond acceptors (Lipinski definition) is 3. The van der Waals surface area contributed by atoms with Crippen molar-refractivity contribution in [2.75, 3.05) is 0 Å². The van der Waals surface area contributed by atoms with E-state index < -0.39 is 0 Å². The molecule has 0 aliphatic carbocycles. The lowest BCUT2D eigenvalue weighted by atomic mass is 9.86. The Bertz CT molecular complexity index is 1820. The molecule has 0 aliphatic rings. The Labute approximate surface area is 231 Å². The summed E-state index contributed by atoms with van der Waals surface area (Å²) in [5.74, 6) is 1.15. The molecule has 39 heavy (non-hydrogen) atoms. The van der Waals surface area contributed by atoms with Crippen LogP contribution in [0.4, 0.5) is 0 Å². The first-order valence-electron chi connectivity index (χ1n) is 14.1. The number of pyridine rings is 3. The maximum Gasteiger partial charge on any atom is 0.0746 e. The van der Waals surface area contributed by atoms with E-state index in [9.17, 15) is 0 Å². The third kappa shape index (κ3) is 4.78. The zero-order chi connectivity index (χ0) is 27.1. The molecule has 3 heteroatoms. The second-order valence-corrected chi connectivity index (χ2v) is 11.4. The van der Waals surface area contributed by atoms with E-state index in [1.54, 1.807) is 0 Å². The van der Waals surface area contributed by atoms with Crippen LogP contribution < -0.4 is 0 Å². The molecule has 0 aliphatic heterocycles. The summed E-state index contributed by atoms with van der Waals surface area (Å²) >= 11 is 0. The van der Waals surface area contributed by atoms with Crippen molar-refractivity contribution < 1.29 is 0 Å². The molecule has 0 saturated carbocycles. The van der Waals surface area contributed by atoms with Crippen molar-refractivity contribution in [1.82, 2.24) is 15.0 Å². The highest BCUT2D eigenvalue weighted by Gasteiger charge is 2.17. The highest BCUT2D eigenvalue weighted by atomic mass is 14.7. The summed E-state index contributed by atoms with van der Waals surface area (Å²) < 4.78 is 0. The molecule has 0 saturated heterocycles. The Balaban J connectivity index is 1.42. The zero-order valence-electron chi connectivity index (χ0n) is 23.4. The third-order valence-corrected chi connectivity index (χ3v) is 7.97. The van der Waals surface area contributed by atoms with Crippen LogP contribution in [0.5, 0.6) is 0 Å². The Morgan fingerprint density at radius 1 is 0.692 bits per heavy atom. The first-order valence-corrected chi connectivity index (χ1v) is 14.1. The van der Waals surface area contributed by atoms with Crippen LogP contribution in [0.1, 0.15) is 74.6 Å². The minimum absolute atomic E-state index is 0.350. The first-order chi connectivity index (χ1) is 18.9. The molecule has 3 heterocycles. The molecule has 0 N–H and O–H groups in total. The van der Waals surface area contributed by atoms with Gasteiger partial charge in [-0.05, 0) is 82.8 Å². The van der Waals surface area contributed by atoms with Crippen molar-refractivity contribution in [1.29, 1.82) is 0 Å². The van der Waals surface area contributed by atoms with Gasteiger partial charge in [0.15, 0.2) is 0 Å². The van der Waals surface area contributed by atoms with Gasteiger partial charge >= 0.3 is 0 Å². The molecule has 3 aromatic heterocycles. The van der Waals surface area contributed by atoms with E-state index in [2.05, 4.69) is 112 Å². The fourth-order valence-electron chi connectivity index (χ4n) is 5.87. The second-order valence-electron chi connectivity index (χ2n) is 11.4. The van der Waals surface area contributed by atoms with Gasteiger partial charge in [0.25, 0.3) is 0 Å². The van der Waals surface area contributed by atoms with Gasteiger partial charge < -0.3 is 0 Å². The Morgan fingerprint density at radius 2 is 1.51 bits per heavy atom. The summed E-state index contributed by atoms with van der Waals surface area (Å²) in [4.78, 5) is 14.6. The van der Waals surface area contributed by atoms with E-state index in [1.807, 2.05) is 18.5 Å². The summed E-state index contributed by atoms with van der Waals surface area (Å²) in [5.41, 5.74) is 10.6. The highest BCUT2D eigenvalue weighted by Crippen LogP contribution is 2.34. The molecule has 6 aromatic rings. The number of nitrogens with zero attached hydrogens (tertiary/aromatic N) is 3. The topological polar surface area (TPSA) is 38.7 Å². The van der Waals surface area contributed by atoms with Gasteiger partial charge in [0.2, 0.25) is 0 Å². The summed E-state index contributed by atoms with van der Waals surface area (Å²) in [5, 5.41) is 3.60. The molecule has 1 atom stereocenters. The summed E-state index contributed by atoms with van der Waals surface area (Å²) in [7, 11) is 0. The molecule has 1 unspecified atom stereocenters. The van der Waals surface area contributed by atoms with Gasteiger partial charge in [0, 0.05) is 34.1 Å². The highest BCUT2D eigenvalue weighted by molar-refractivity contribution is 5.90. The summed E-state index contributed by atoms with van der Waals surface area (Å²) in [6.45, 7) is 11.3. The Hall–Kier alpha value is -4.11. The molecule has 0 amide bonds. The summed E-state index contributed by atoms with van der Waals surface area (Å²) in [6, 6.07) is 28.2. The van der Waals surface area contributed by atoms with Gasteiger partial charge in [0.05, 0.1) is 22.2 Å². The number of hydrogen-bond donors (Lipinski definition) is 0. The van der Waals surface area contributed by atoms with Crippen molar-refractivity contribution in [3.63, 3.8) is 0 Å². The number of para-hydroxylation sites is 1. The van der Waals surface area contributed by atoms with Crippen LogP contribution in [0.3, 0.4) is 0 Å². The maximum atomic E-state index is 5.30. The average molecular weight is 510 g/mol. The fraction of sp³-hybridized carbons (Fsp3) is 0.250. The Kier molecular flexibility index (Phi) is 6.60. The van der Waals surface area contributed by atoms with Gasteiger partial charge in [-0.1, -0.05) is 77.1 Å². The lowest BCUT2D eigenvalue weighted by Crippen LogP contribution is -2.05. The predicted molar refractivity (Wildman–Crippen MR) is 165 cm³/mol. The second kappa shape index (κ2) is 10.2. The number of rotatable bonds is 6. The number of aromatic nitrogens is 3. The van der Waals surface area contributed by atoms with E-state index in [4.69, 9.17) is 9.97 Å². The van der Waals surface area contributed by atoms with Crippen molar-refractivity contribution in [3.8, 4) is 11.3 Å². The SMILES string of the molecule is CC(C)c1ccnc2ccc(-c3ccc4ccc(CC(C)c5cnc6ccccc6c5)c(C(C)C)c4n3)cc12. The van der Waals surface area contributed by atoms with Crippen LogP contribution >= 0.6 is 0 Å². The molecule has 0 radical (unpaired) electrons. The normalized spacial score (nSPS) is 12.7. The first kappa shape index (κ1) is 25.2. The average Bonchev–Trinajstić information content (AvgIpc) is 2.95. The van der Waals surface area contributed by atoms with Crippen LogP contribution in [-0.2, 0) is 6.42 Å². The largest absolute Gasteiger partial charge is 0.256 e. The molecule has 194 valence electrons. The monoisotopic (exact) mass is 509 g/mol. The van der Waals surface area contributed by atoms with E-state index in [1.165, 1.54) is 38.4 Å². The molecular formula is C36H35N3. The smallest absolute Gasteiger partial charge is 0.0746 e. The van der Waals surface area contributed by atoms with Gasteiger partial charge in [0.1, 0.15) is 0 Å². The van der Waals surface area contributed by atoms with Crippen molar-refractivity contribution >= 4 is 32.7 Å². The minimum atomic E-state index is 0.350.